The van der Waals surface area contributed by atoms with Crippen LogP contribution in [0.4, 0.5) is 0 Å². The largest absolute Gasteiger partial charge is 0.480 e. The predicted molar refractivity (Wildman–Crippen MR) is 62.0 cm³/mol. The van der Waals surface area contributed by atoms with Crippen molar-refractivity contribution in [1.29, 1.82) is 5.39 Å². The number of phosphoric acid groups is 1. The third-order valence-electron chi connectivity index (χ3n) is 1.94. The maximum atomic E-state index is 11.7. The number of benzene rings is 1. The van der Waals surface area contributed by atoms with E-state index in [-0.39, 0.29) is 0 Å². The average molecular weight is 278 g/mol. The van der Waals surface area contributed by atoms with Crippen LogP contribution in [-0.4, -0.2) is 14.2 Å². The highest BCUT2D eigenvalue weighted by Crippen LogP contribution is 2.51. The Balaban J connectivity index is 2.90. The molecular formula is C9H11ClN2O4P+. The molecule has 0 bridgehead atoms. The molecule has 1 rings (SSSR count). The van der Waals surface area contributed by atoms with Crippen LogP contribution in [0.5, 0.6) is 0 Å². The van der Waals surface area contributed by atoms with Gasteiger partial charge in [0.1, 0.15) is 0 Å². The van der Waals surface area contributed by atoms with Gasteiger partial charge in [0.15, 0.2) is 4.98 Å². The maximum absolute atomic E-state index is 11.7. The van der Waals surface area contributed by atoms with E-state index in [4.69, 9.17) is 21.5 Å². The Hall–Kier alpha value is -0.960. The molecule has 0 aliphatic carbocycles. The number of rotatable bonds is 5. The molecule has 0 aliphatic rings. The fraction of sp³-hybridized carbons (Fsp3) is 0.333. The fourth-order valence-corrected chi connectivity index (χ4v) is 1.91. The minimum Gasteiger partial charge on any atom is -0.290 e. The van der Waals surface area contributed by atoms with E-state index >= 15 is 0 Å². The highest BCUT2D eigenvalue weighted by molar-refractivity contribution is 7.48. The summed E-state index contributed by atoms with van der Waals surface area (Å²) < 4.78 is 25.8. The number of hydrogen-bond acceptors (Lipinski definition) is 5. The monoisotopic (exact) mass is 277 g/mol. The van der Waals surface area contributed by atoms with Crippen LogP contribution in [0.15, 0.2) is 24.3 Å². The van der Waals surface area contributed by atoms with Crippen LogP contribution in [0.25, 0.3) is 4.98 Å². The van der Waals surface area contributed by atoms with Crippen molar-refractivity contribution in [2.75, 3.05) is 14.2 Å². The van der Waals surface area contributed by atoms with E-state index in [0.29, 0.717) is 10.6 Å². The van der Waals surface area contributed by atoms with Crippen LogP contribution in [-0.2, 0) is 18.1 Å². The van der Waals surface area contributed by atoms with E-state index in [0.717, 1.165) is 0 Å². The van der Waals surface area contributed by atoms with Gasteiger partial charge < -0.3 is 0 Å². The quantitative estimate of drug-likeness (QED) is 0.607. The van der Waals surface area contributed by atoms with Gasteiger partial charge in [-0.3, -0.25) is 9.05 Å². The molecule has 0 fully saturated rings. The molecule has 0 radical (unpaired) electrons. The van der Waals surface area contributed by atoms with E-state index < -0.39 is 14.1 Å². The van der Waals surface area contributed by atoms with Gasteiger partial charge in [0.05, 0.1) is 5.56 Å². The Labute approximate surface area is 104 Å². The number of diazo groups is 1. The Kier molecular flexibility index (Phi) is 5.06. The second kappa shape index (κ2) is 6.10. The van der Waals surface area contributed by atoms with Gasteiger partial charge in [-0.2, -0.15) is 4.52 Å². The number of nitrogens with zero attached hydrogens (tertiary/aromatic N) is 2. The lowest BCUT2D eigenvalue weighted by molar-refractivity contribution is 0.124. The van der Waals surface area contributed by atoms with E-state index in [1.807, 2.05) is 0 Å². The second-order valence-corrected chi connectivity index (χ2v) is 5.21. The van der Waals surface area contributed by atoms with Crippen LogP contribution in [0.1, 0.15) is 11.8 Å². The van der Waals surface area contributed by atoms with E-state index in [2.05, 4.69) is 14.0 Å². The van der Waals surface area contributed by atoms with Crippen molar-refractivity contribution >= 4 is 19.4 Å². The lowest BCUT2D eigenvalue weighted by Gasteiger charge is -2.11. The van der Waals surface area contributed by atoms with Crippen LogP contribution >= 0.6 is 19.4 Å². The third-order valence-corrected chi connectivity index (χ3v) is 3.54. The van der Waals surface area contributed by atoms with Gasteiger partial charge >= 0.3 is 14.1 Å². The lowest BCUT2D eigenvalue weighted by Crippen LogP contribution is -2.01. The number of halogens is 1. The van der Waals surface area contributed by atoms with E-state index in [9.17, 15) is 4.57 Å². The van der Waals surface area contributed by atoms with Gasteiger partial charge in [-0.1, -0.05) is 11.6 Å². The summed E-state index contributed by atoms with van der Waals surface area (Å²) in [5, 5.41) is 9.36. The summed E-state index contributed by atoms with van der Waals surface area (Å²) in [4.78, 5) is 2.97. The fourth-order valence-electron chi connectivity index (χ4n) is 1.06. The van der Waals surface area contributed by atoms with Gasteiger partial charge in [0.2, 0.25) is 5.39 Å². The van der Waals surface area contributed by atoms with E-state index in [1.54, 1.807) is 24.3 Å². The molecule has 0 aromatic heterocycles. The zero-order chi connectivity index (χ0) is 12.9. The summed E-state index contributed by atoms with van der Waals surface area (Å²) in [6.45, 7) is 0. The van der Waals surface area contributed by atoms with Gasteiger partial charge in [-0.15, -0.1) is 0 Å². The van der Waals surface area contributed by atoms with Gasteiger partial charge in [0.25, 0.3) is 0 Å². The summed E-state index contributed by atoms with van der Waals surface area (Å²) in [6.07, 6.45) is -1.17. The van der Waals surface area contributed by atoms with Crippen molar-refractivity contribution in [3.05, 3.63) is 39.8 Å². The van der Waals surface area contributed by atoms with Crippen LogP contribution in [0.2, 0.25) is 5.02 Å². The van der Waals surface area contributed by atoms with Crippen LogP contribution in [0.3, 0.4) is 0 Å². The molecule has 1 unspecified atom stereocenters. The summed E-state index contributed by atoms with van der Waals surface area (Å²) in [7, 11) is -1.38. The molecule has 0 amide bonds. The molecule has 1 aromatic rings. The zero-order valence-corrected chi connectivity index (χ0v) is 10.9. The molecule has 0 heterocycles. The summed E-state index contributed by atoms with van der Waals surface area (Å²) in [5.41, 5.74) is 0.464. The van der Waals surface area contributed by atoms with Gasteiger partial charge in [-0.05, 0) is 24.3 Å². The molecule has 8 heteroatoms. The van der Waals surface area contributed by atoms with Crippen molar-refractivity contribution in [3.63, 3.8) is 0 Å². The van der Waals surface area contributed by atoms with Crippen LogP contribution in [0, 0.1) is 5.39 Å². The van der Waals surface area contributed by atoms with Crippen LogP contribution < -0.4 is 0 Å². The van der Waals surface area contributed by atoms with Crippen molar-refractivity contribution in [2.24, 2.45) is 0 Å². The first-order valence-electron chi connectivity index (χ1n) is 4.54. The lowest BCUT2D eigenvalue weighted by atomic mass is 10.2. The Bertz CT molecular complexity index is 451. The van der Waals surface area contributed by atoms with E-state index in [1.165, 1.54) is 14.2 Å². The summed E-state index contributed by atoms with van der Waals surface area (Å²) in [6, 6.07) is 6.32. The standard InChI is InChI=1S/C9H11ClN2O4P/c1-14-17(13,15-2)16-9(12-11)7-3-5-8(10)6-4-7/h3-6,9H,1-2H3/q+1. The molecular weight excluding hydrogens is 267 g/mol. The molecule has 17 heavy (non-hydrogen) atoms. The van der Waals surface area contributed by atoms with Crippen molar-refractivity contribution in [3.8, 4) is 0 Å². The first-order valence-corrected chi connectivity index (χ1v) is 6.38. The number of hydrogen-bond donors (Lipinski definition) is 0. The maximum Gasteiger partial charge on any atom is 0.480 e. The minimum atomic E-state index is -3.72. The molecule has 6 nitrogen and oxygen atoms in total. The second-order valence-electron chi connectivity index (χ2n) is 2.94. The molecule has 0 aliphatic heterocycles. The summed E-state index contributed by atoms with van der Waals surface area (Å²) >= 11 is 5.71. The molecule has 1 aromatic carbocycles. The zero-order valence-electron chi connectivity index (χ0n) is 9.24. The first kappa shape index (κ1) is 14.1. The highest BCUT2D eigenvalue weighted by Gasteiger charge is 2.36. The molecule has 92 valence electrons. The third kappa shape index (κ3) is 3.77. The Morgan fingerprint density at radius 1 is 1.29 bits per heavy atom. The molecule has 0 spiro atoms. The topological polar surface area (TPSA) is 72.9 Å². The van der Waals surface area contributed by atoms with Crippen molar-refractivity contribution in [1.82, 2.24) is 0 Å². The summed E-state index contributed by atoms with van der Waals surface area (Å²) in [5.74, 6) is 0. The smallest absolute Gasteiger partial charge is 0.290 e. The van der Waals surface area contributed by atoms with Crippen molar-refractivity contribution < 1.29 is 18.1 Å². The molecule has 0 saturated carbocycles. The molecule has 0 N–H and O–H groups in total. The molecule has 1 atom stereocenters. The Morgan fingerprint density at radius 3 is 2.24 bits per heavy atom. The SMILES string of the molecule is COP(=O)(OC)OC([N+]#N)c1ccc(Cl)cc1. The normalized spacial score (nSPS) is 13.1. The number of phosphoric ester groups is 1. The minimum absolute atomic E-state index is 0.464. The first-order chi connectivity index (χ1) is 8.04. The highest BCUT2D eigenvalue weighted by atomic mass is 35.5. The average Bonchev–Trinajstić information content (AvgIpc) is 2.37. The van der Waals surface area contributed by atoms with Crippen molar-refractivity contribution in [2.45, 2.75) is 6.23 Å². The predicted octanol–water partition coefficient (Wildman–Crippen LogP) is 3.61. The van der Waals surface area contributed by atoms with Gasteiger partial charge in [-0.25, -0.2) is 4.57 Å². The molecule has 0 saturated heterocycles. The van der Waals surface area contributed by atoms with Gasteiger partial charge in [0, 0.05) is 19.2 Å². The Morgan fingerprint density at radius 2 is 1.82 bits per heavy atom.